The summed E-state index contributed by atoms with van der Waals surface area (Å²) in [6.07, 6.45) is -0.111. The zero-order valence-corrected chi connectivity index (χ0v) is 13.4. The van der Waals surface area contributed by atoms with Gasteiger partial charge in [-0.1, -0.05) is 12.1 Å². The van der Waals surface area contributed by atoms with Crippen molar-refractivity contribution < 1.29 is 18.0 Å². The van der Waals surface area contributed by atoms with Crippen molar-refractivity contribution >= 4 is 22.5 Å². The number of nitrogens with one attached hydrogen (secondary N) is 1. The van der Waals surface area contributed by atoms with Gasteiger partial charge in [-0.15, -0.1) is 0 Å². The van der Waals surface area contributed by atoms with E-state index in [1.165, 1.54) is 6.20 Å². The van der Waals surface area contributed by atoms with Gasteiger partial charge < -0.3 is 5.32 Å². The molecular formula is C16H16F3N5O. The van der Waals surface area contributed by atoms with Crippen LogP contribution >= 0.6 is 0 Å². The Hall–Kier alpha value is -2.84. The molecule has 0 saturated carbocycles. The predicted octanol–water partition coefficient (Wildman–Crippen LogP) is 3.13. The lowest BCUT2D eigenvalue weighted by Crippen LogP contribution is -2.18. The molecular weight excluding hydrogens is 335 g/mol. The first-order valence-corrected chi connectivity index (χ1v) is 7.62. The summed E-state index contributed by atoms with van der Waals surface area (Å²) in [5, 5.41) is 11.4. The SMILES string of the molecule is Cc1cccc2c1cnn2CCC(=O)Nc1cnn(CC(F)(F)F)c1. The average Bonchev–Trinajstić information content (AvgIpc) is 3.11. The van der Waals surface area contributed by atoms with Crippen LogP contribution in [0.2, 0.25) is 0 Å². The number of nitrogens with zero attached hydrogens (tertiary/aromatic N) is 4. The molecule has 0 aliphatic heterocycles. The smallest absolute Gasteiger partial charge is 0.323 e. The fourth-order valence-corrected chi connectivity index (χ4v) is 2.56. The number of amides is 1. The molecule has 1 amide bonds. The molecule has 0 spiro atoms. The third-order valence-corrected chi connectivity index (χ3v) is 3.71. The summed E-state index contributed by atoms with van der Waals surface area (Å²) in [7, 11) is 0. The van der Waals surface area contributed by atoms with Crippen LogP contribution in [0.25, 0.3) is 10.9 Å². The molecule has 0 fully saturated rings. The normalized spacial score (nSPS) is 11.8. The molecule has 25 heavy (non-hydrogen) atoms. The van der Waals surface area contributed by atoms with Gasteiger partial charge >= 0.3 is 6.18 Å². The van der Waals surface area contributed by atoms with Gasteiger partial charge in [0.05, 0.1) is 30.1 Å². The maximum atomic E-state index is 12.3. The van der Waals surface area contributed by atoms with Crippen molar-refractivity contribution in [2.75, 3.05) is 5.32 Å². The van der Waals surface area contributed by atoms with Gasteiger partial charge in [-0.25, -0.2) is 0 Å². The number of carbonyl (C=O) groups excluding carboxylic acids is 1. The standard InChI is InChI=1S/C16H16F3N5O/c1-11-3-2-4-14-13(11)8-21-24(14)6-5-15(25)22-12-7-20-23(9-12)10-16(17,18)19/h2-4,7-9H,5-6,10H2,1H3,(H,22,25). The van der Waals surface area contributed by atoms with Gasteiger partial charge in [0, 0.05) is 18.0 Å². The van der Waals surface area contributed by atoms with Crippen LogP contribution in [0.3, 0.4) is 0 Å². The molecule has 3 aromatic rings. The molecule has 0 aliphatic carbocycles. The van der Waals surface area contributed by atoms with Gasteiger partial charge in [-0.3, -0.25) is 14.2 Å². The Morgan fingerprint density at radius 3 is 2.80 bits per heavy atom. The lowest BCUT2D eigenvalue weighted by molar-refractivity contribution is -0.142. The topological polar surface area (TPSA) is 64.7 Å². The molecule has 0 radical (unpaired) electrons. The minimum absolute atomic E-state index is 0.148. The van der Waals surface area contributed by atoms with E-state index in [2.05, 4.69) is 15.5 Å². The van der Waals surface area contributed by atoms with E-state index in [9.17, 15) is 18.0 Å². The number of hydrogen-bond donors (Lipinski definition) is 1. The largest absolute Gasteiger partial charge is 0.408 e. The number of anilines is 1. The van der Waals surface area contributed by atoms with Crippen LogP contribution in [0.5, 0.6) is 0 Å². The van der Waals surface area contributed by atoms with E-state index in [-0.39, 0.29) is 18.0 Å². The van der Waals surface area contributed by atoms with Gasteiger partial charge in [-0.2, -0.15) is 23.4 Å². The van der Waals surface area contributed by atoms with Crippen molar-refractivity contribution in [3.63, 3.8) is 0 Å². The monoisotopic (exact) mass is 351 g/mol. The first kappa shape index (κ1) is 17.0. The molecule has 3 rings (SSSR count). The molecule has 132 valence electrons. The van der Waals surface area contributed by atoms with E-state index >= 15 is 0 Å². The minimum Gasteiger partial charge on any atom is -0.323 e. The molecule has 0 bridgehead atoms. The molecule has 0 atom stereocenters. The van der Waals surface area contributed by atoms with Crippen LogP contribution in [-0.2, 0) is 17.9 Å². The summed E-state index contributed by atoms with van der Waals surface area (Å²) in [5.41, 5.74) is 2.27. The van der Waals surface area contributed by atoms with E-state index in [1.807, 2.05) is 25.1 Å². The Bertz CT molecular complexity index is 897. The van der Waals surface area contributed by atoms with Crippen molar-refractivity contribution in [1.82, 2.24) is 19.6 Å². The summed E-state index contributed by atoms with van der Waals surface area (Å²) in [6.45, 7) is 1.16. The highest BCUT2D eigenvalue weighted by Gasteiger charge is 2.28. The molecule has 0 aliphatic rings. The van der Waals surface area contributed by atoms with Crippen molar-refractivity contribution in [2.45, 2.75) is 32.6 Å². The van der Waals surface area contributed by atoms with E-state index in [0.717, 1.165) is 27.3 Å². The number of aromatic nitrogens is 4. The van der Waals surface area contributed by atoms with Gasteiger partial charge in [0.15, 0.2) is 0 Å². The second-order valence-corrected chi connectivity index (χ2v) is 5.72. The maximum absolute atomic E-state index is 12.3. The molecule has 0 unspecified atom stereocenters. The first-order chi connectivity index (χ1) is 11.8. The number of hydrogen-bond acceptors (Lipinski definition) is 3. The zero-order valence-electron chi connectivity index (χ0n) is 13.4. The van der Waals surface area contributed by atoms with Crippen LogP contribution in [0.1, 0.15) is 12.0 Å². The number of rotatable bonds is 5. The Kier molecular flexibility index (Phi) is 4.47. The molecule has 2 heterocycles. The molecule has 6 nitrogen and oxygen atoms in total. The van der Waals surface area contributed by atoms with Crippen molar-refractivity contribution in [3.05, 3.63) is 42.4 Å². The lowest BCUT2D eigenvalue weighted by Gasteiger charge is -2.06. The fraction of sp³-hybridized carbons (Fsp3) is 0.312. The summed E-state index contributed by atoms with van der Waals surface area (Å²) < 4.78 is 39.3. The van der Waals surface area contributed by atoms with Crippen molar-refractivity contribution in [3.8, 4) is 0 Å². The third-order valence-electron chi connectivity index (χ3n) is 3.71. The lowest BCUT2D eigenvalue weighted by atomic mass is 10.1. The van der Waals surface area contributed by atoms with Gasteiger partial charge in [0.25, 0.3) is 0 Å². The molecule has 1 N–H and O–H groups in total. The second-order valence-electron chi connectivity index (χ2n) is 5.72. The van der Waals surface area contributed by atoms with Crippen molar-refractivity contribution in [1.29, 1.82) is 0 Å². The molecule has 2 aromatic heterocycles. The number of fused-ring (bicyclic) bond motifs is 1. The van der Waals surface area contributed by atoms with Crippen LogP contribution in [0, 0.1) is 6.92 Å². The highest BCUT2D eigenvalue weighted by molar-refractivity contribution is 5.90. The fourth-order valence-electron chi connectivity index (χ4n) is 2.56. The highest BCUT2D eigenvalue weighted by atomic mass is 19.4. The predicted molar refractivity (Wildman–Crippen MR) is 86.0 cm³/mol. The number of carbonyl (C=O) groups is 1. The van der Waals surface area contributed by atoms with Crippen molar-refractivity contribution in [2.24, 2.45) is 0 Å². The van der Waals surface area contributed by atoms with Crippen LogP contribution < -0.4 is 5.32 Å². The van der Waals surface area contributed by atoms with Crippen LogP contribution in [0.15, 0.2) is 36.8 Å². The Balaban J connectivity index is 1.58. The molecule has 0 saturated heterocycles. The minimum atomic E-state index is -4.35. The zero-order chi connectivity index (χ0) is 18.0. The number of alkyl halides is 3. The molecule has 1 aromatic carbocycles. The van der Waals surface area contributed by atoms with Gasteiger partial charge in [0.1, 0.15) is 6.54 Å². The number of halogens is 3. The Labute approximate surface area is 141 Å². The average molecular weight is 351 g/mol. The molecule has 9 heteroatoms. The quantitative estimate of drug-likeness (QED) is 0.768. The maximum Gasteiger partial charge on any atom is 0.408 e. The van der Waals surface area contributed by atoms with Gasteiger partial charge in [-0.05, 0) is 18.6 Å². The number of benzene rings is 1. The number of aryl methyl sites for hydroxylation is 2. The van der Waals surface area contributed by atoms with E-state index < -0.39 is 12.7 Å². The van der Waals surface area contributed by atoms with E-state index in [0.29, 0.717) is 6.54 Å². The Morgan fingerprint density at radius 1 is 1.24 bits per heavy atom. The third kappa shape index (κ3) is 4.17. The Morgan fingerprint density at radius 2 is 2.04 bits per heavy atom. The summed E-state index contributed by atoms with van der Waals surface area (Å²) in [4.78, 5) is 12.0. The van der Waals surface area contributed by atoms with E-state index in [1.54, 1.807) is 10.9 Å². The first-order valence-electron chi connectivity index (χ1n) is 7.62. The van der Waals surface area contributed by atoms with Gasteiger partial charge in [0.2, 0.25) is 5.91 Å². The summed E-state index contributed by atoms with van der Waals surface area (Å²) in [6, 6.07) is 5.83. The summed E-state index contributed by atoms with van der Waals surface area (Å²) >= 11 is 0. The van der Waals surface area contributed by atoms with Crippen LogP contribution in [0.4, 0.5) is 18.9 Å². The van der Waals surface area contributed by atoms with Crippen LogP contribution in [-0.4, -0.2) is 31.6 Å². The highest BCUT2D eigenvalue weighted by Crippen LogP contribution is 2.19. The van der Waals surface area contributed by atoms with E-state index in [4.69, 9.17) is 0 Å². The summed E-state index contributed by atoms with van der Waals surface area (Å²) in [5.74, 6) is -0.317. The second kappa shape index (κ2) is 6.58.